The van der Waals surface area contributed by atoms with Crippen LogP contribution < -0.4 is 10.6 Å². The van der Waals surface area contributed by atoms with E-state index in [-0.39, 0.29) is 0 Å². The maximum Gasteiger partial charge on any atom is 0.0940 e. The highest BCUT2D eigenvalue weighted by Gasteiger charge is 2.17. The van der Waals surface area contributed by atoms with Gasteiger partial charge in [-0.25, -0.2) is 0 Å². The number of hydrogen-bond donors (Lipinski definition) is 2. The highest BCUT2D eigenvalue weighted by Crippen LogP contribution is 2.20. The van der Waals surface area contributed by atoms with Gasteiger partial charge in [-0.3, -0.25) is 5.32 Å². The van der Waals surface area contributed by atoms with E-state index in [1.807, 2.05) is 30.1 Å². The number of allylic oxidation sites excluding steroid dienone is 4. The molecule has 2 aliphatic rings. The van der Waals surface area contributed by atoms with Gasteiger partial charge in [-0.1, -0.05) is 12.2 Å². The normalized spacial score (nSPS) is 28.0. The lowest BCUT2D eigenvalue weighted by atomic mass is 10.3. The van der Waals surface area contributed by atoms with E-state index >= 15 is 0 Å². The molecule has 3 heteroatoms. The van der Waals surface area contributed by atoms with Gasteiger partial charge >= 0.3 is 0 Å². The van der Waals surface area contributed by atoms with Gasteiger partial charge in [-0.2, -0.15) is 0 Å². The van der Waals surface area contributed by atoms with Gasteiger partial charge in [0.05, 0.1) is 5.37 Å². The molecule has 1 fully saturated rings. The van der Waals surface area contributed by atoms with Crippen LogP contribution in [-0.2, 0) is 0 Å². The van der Waals surface area contributed by atoms with Crippen LogP contribution in [0.1, 0.15) is 0 Å². The standard InChI is InChI=1S/C9H12N2S/c1-2-4-8(10-5-3-1)9-11-6-7-12-9/h1-5,9-11H,6-7H2. The van der Waals surface area contributed by atoms with Crippen molar-refractivity contribution in [2.24, 2.45) is 0 Å². The fourth-order valence-corrected chi connectivity index (χ4v) is 2.29. The zero-order chi connectivity index (χ0) is 8.23. The Hall–Kier alpha value is -0.670. The summed E-state index contributed by atoms with van der Waals surface area (Å²) in [4.78, 5) is 0. The zero-order valence-corrected chi connectivity index (χ0v) is 7.60. The smallest absolute Gasteiger partial charge is 0.0940 e. The van der Waals surface area contributed by atoms with Crippen LogP contribution >= 0.6 is 11.8 Å². The summed E-state index contributed by atoms with van der Waals surface area (Å²) in [6.07, 6.45) is 10.2. The van der Waals surface area contributed by atoms with Gasteiger partial charge in [0.2, 0.25) is 0 Å². The molecule has 2 nitrogen and oxygen atoms in total. The van der Waals surface area contributed by atoms with Crippen molar-refractivity contribution in [2.45, 2.75) is 5.37 Å². The minimum Gasteiger partial charge on any atom is -0.363 e. The molecule has 1 saturated heterocycles. The number of nitrogens with one attached hydrogen (secondary N) is 2. The van der Waals surface area contributed by atoms with Crippen LogP contribution in [0.4, 0.5) is 0 Å². The van der Waals surface area contributed by atoms with E-state index < -0.39 is 0 Å². The number of rotatable bonds is 1. The highest BCUT2D eigenvalue weighted by atomic mass is 32.2. The van der Waals surface area contributed by atoms with E-state index in [0.717, 1.165) is 6.54 Å². The van der Waals surface area contributed by atoms with Gasteiger partial charge in [0, 0.05) is 24.2 Å². The summed E-state index contributed by atoms with van der Waals surface area (Å²) in [7, 11) is 0. The van der Waals surface area contributed by atoms with Crippen LogP contribution in [0, 0.1) is 0 Å². The van der Waals surface area contributed by atoms with Crippen molar-refractivity contribution in [1.82, 2.24) is 10.6 Å². The van der Waals surface area contributed by atoms with Gasteiger partial charge in [0.15, 0.2) is 0 Å². The fourth-order valence-electron chi connectivity index (χ4n) is 1.26. The fraction of sp³-hybridized carbons (Fsp3) is 0.333. The second kappa shape index (κ2) is 3.83. The van der Waals surface area contributed by atoms with Gasteiger partial charge < -0.3 is 5.32 Å². The van der Waals surface area contributed by atoms with Gasteiger partial charge in [0.1, 0.15) is 0 Å². The largest absolute Gasteiger partial charge is 0.363 e. The molecule has 64 valence electrons. The summed E-state index contributed by atoms with van der Waals surface area (Å²) in [6.45, 7) is 1.11. The Kier molecular flexibility index (Phi) is 2.54. The minimum atomic E-state index is 0.456. The Morgan fingerprint density at radius 3 is 3.17 bits per heavy atom. The molecule has 2 N–H and O–H groups in total. The molecule has 0 aliphatic carbocycles. The summed E-state index contributed by atoms with van der Waals surface area (Å²) >= 11 is 1.95. The van der Waals surface area contributed by atoms with Crippen molar-refractivity contribution in [3.63, 3.8) is 0 Å². The van der Waals surface area contributed by atoms with E-state index in [0.29, 0.717) is 5.37 Å². The SMILES string of the molecule is C1=CC=C(C2NCCS2)NC=C1. The number of thioether (sulfide) groups is 1. The second-order valence-electron chi connectivity index (χ2n) is 2.72. The van der Waals surface area contributed by atoms with Crippen LogP contribution in [0.25, 0.3) is 0 Å². The molecule has 0 aromatic carbocycles. The predicted octanol–water partition coefficient (Wildman–Crippen LogP) is 1.21. The van der Waals surface area contributed by atoms with Crippen molar-refractivity contribution in [3.05, 3.63) is 36.2 Å². The Morgan fingerprint density at radius 2 is 2.33 bits per heavy atom. The van der Waals surface area contributed by atoms with Crippen molar-refractivity contribution < 1.29 is 0 Å². The molecule has 1 unspecified atom stereocenters. The molecule has 0 bridgehead atoms. The molecule has 1 atom stereocenters. The summed E-state index contributed by atoms with van der Waals surface area (Å²) in [5, 5.41) is 7.13. The van der Waals surface area contributed by atoms with Gasteiger partial charge in [0.25, 0.3) is 0 Å². The second-order valence-corrected chi connectivity index (χ2v) is 3.93. The summed E-state index contributed by atoms with van der Waals surface area (Å²) in [6, 6.07) is 0. The lowest BCUT2D eigenvalue weighted by Gasteiger charge is -2.13. The molecule has 0 spiro atoms. The van der Waals surface area contributed by atoms with Gasteiger partial charge in [-0.15, -0.1) is 11.8 Å². The Bertz CT molecular complexity index is 237. The van der Waals surface area contributed by atoms with E-state index in [1.165, 1.54) is 11.4 Å². The molecule has 2 heterocycles. The third kappa shape index (κ3) is 1.73. The maximum atomic E-state index is 3.42. The maximum absolute atomic E-state index is 3.42. The first kappa shape index (κ1) is 7.95. The quantitative estimate of drug-likeness (QED) is 0.634. The summed E-state index contributed by atoms with van der Waals surface area (Å²) in [5.41, 5.74) is 1.25. The average molecular weight is 180 g/mol. The van der Waals surface area contributed by atoms with Crippen molar-refractivity contribution in [1.29, 1.82) is 0 Å². The lowest BCUT2D eigenvalue weighted by Crippen LogP contribution is -2.27. The minimum absolute atomic E-state index is 0.456. The Morgan fingerprint density at radius 1 is 1.33 bits per heavy atom. The molecule has 0 amide bonds. The van der Waals surface area contributed by atoms with E-state index in [4.69, 9.17) is 0 Å². The molecular formula is C9H12N2S. The first-order valence-electron chi connectivity index (χ1n) is 4.12. The summed E-state index contributed by atoms with van der Waals surface area (Å²) < 4.78 is 0. The molecule has 2 aliphatic heterocycles. The third-order valence-corrected chi connectivity index (χ3v) is 3.04. The van der Waals surface area contributed by atoms with E-state index in [2.05, 4.69) is 22.8 Å². The molecule has 0 aromatic heterocycles. The lowest BCUT2D eigenvalue weighted by molar-refractivity contribution is 0.746. The number of hydrogen-bond acceptors (Lipinski definition) is 3. The van der Waals surface area contributed by atoms with E-state index in [9.17, 15) is 0 Å². The Labute approximate surface area is 76.8 Å². The molecule has 0 radical (unpaired) electrons. The van der Waals surface area contributed by atoms with E-state index in [1.54, 1.807) is 0 Å². The molecule has 2 rings (SSSR count). The molecular weight excluding hydrogens is 168 g/mol. The Balaban J connectivity index is 2.06. The topological polar surface area (TPSA) is 24.1 Å². The van der Waals surface area contributed by atoms with Gasteiger partial charge in [-0.05, 0) is 12.2 Å². The third-order valence-electron chi connectivity index (χ3n) is 1.84. The first-order valence-corrected chi connectivity index (χ1v) is 5.16. The molecule has 0 saturated carbocycles. The van der Waals surface area contributed by atoms with Crippen LogP contribution in [0.5, 0.6) is 0 Å². The van der Waals surface area contributed by atoms with Crippen LogP contribution in [0.2, 0.25) is 0 Å². The van der Waals surface area contributed by atoms with Crippen molar-refractivity contribution in [3.8, 4) is 0 Å². The first-order chi connectivity index (χ1) is 5.97. The average Bonchev–Trinajstić information content (AvgIpc) is 2.48. The van der Waals surface area contributed by atoms with Crippen LogP contribution in [0.3, 0.4) is 0 Å². The van der Waals surface area contributed by atoms with Crippen LogP contribution in [-0.4, -0.2) is 17.7 Å². The van der Waals surface area contributed by atoms with Crippen molar-refractivity contribution >= 4 is 11.8 Å². The molecule has 0 aromatic rings. The summed E-state index contributed by atoms with van der Waals surface area (Å²) in [5.74, 6) is 1.21. The monoisotopic (exact) mass is 180 g/mol. The van der Waals surface area contributed by atoms with Crippen molar-refractivity contribution in [2.75, 3.05) is 12.3 Å². The molecule has 12 heavy (non-hydrogen) atoms. The highest BCUT2D eigenvalue weighted by molar-refractivity contribution is 8.00. The van der Waals surface area contributed by atoms with Crippen LogP contribution in [0.15, 0.2) is 36.2 Å². The zero-order valence-electron chi connectivity index (χ0n) is 6.79. The predicted molar refractivity (Wildman–Crippen MR) is 53.7 cm³/mol.